The van der Waals surface area contributed by atoms with Crippen LogP contribution in [0.4, 0.5) is 5.69 Å². The Morgan fingerprint density at radius 3 is 2.73 bits per heavy atom. The zero-order valence-electron chi connectivity index (χ0n) is 19.6. The van der Waals surface area contributed by atoms with Crippen LogP contribution < -0.4 is 15.8 Å². The zero-order valence-corrected chi connectivity index (χ0v) is 19.6. The zero-order chi connectivity index (χ0) is 24.0. The van der Waals surface area contributed by atoms with Crippen molar-refractivity contribution in [3.05, 3.63) is 41.2 Å². The number of anilines is 1. The molecule has 0 spiro atoms. The van der Waals surface area contributed by atoms with E-state index in [0.29, 0.717) is 28.3 Å². The molecule has 0 amide bonds. The predicted molar refractivity (Wildman–Crippen MR) is 133 cm³/mol. The number of nitrogens with zero attached hydrogens (tertiary/aromatic N) is 3. The molecule has 33 heavy (non-hydrogen) atoms. The fraction of sp³-hybridized carbons (Fsp3) is 0.440. The number of aliphatic imine (C=N–C) groups is 2. The predicted octanol–water partition coefficient (Wildman–Crippen LogP) is 4.86. The highest BCUT2D eigenvalue weighted by molar-refractivity contribution is 6.06. The molecule has 0 saturated heterocycles. The molecule has 0 atom stereocenters. The monoisotopic (exact) mass is 451 g/mol. The van der Waals surface area contributed by atoms with E-state index in [1.54, 1.807) is 6.92 Å². The fourth-order valence-electron chi connectivity index (χ4n) is 4.23. The normalized spacial score (nSPS) is 19.4. The third-order valence-corrected chi connectivity index (χ3v) is 5.89. The minimum atomic E-state index is -1.09. The smallest absolute Gasteiger partial charge is 0.339 e. The highest BCUT2D eigenvalue weighted by Gasteiger charge is 2.25. The maximum Gasteiger partial charge on any atom is 0.339 e. The first-order valence-electron chi connectivity index (χ1n) is 11.4. The van der Waals surface area contributed by atoms with E-state index in [1.807, 2.05) is 24.4 Å². The van der Waals surface area contributed by atoms with Crippen molar-refractivity contribution in [3.8, 4) is 5.75 Å². The van der Waals surface area contributed by atoms with Crippen molar-refractivity contribution >= 4 is 35.2 Å². The van der Waals surface area contributed by atoms with E-state index < -0.39 is 5.97 Å². The molecule has 3 rings (SSSR count). The summed E-state index contributed by atoms with van der Waals surface area (Å²) in [6, 6.07) is 5.64. The Balaban J connectivity index is 1.70. The molecule has 176 valence electrons. The summed E-state index contributed by atoms with van der Waals surface area (Å²) in [4.78, 5) is 24.8. The van der Waals surface area contributed by atoms with Gasteiger partial charge in [0.1, 0.15) is 11.3 Å². The van der Waals surface area contributed by atoms with Crippen LogP contribution in [0.1, 0.15) is 68.4 Å². The van der Waals surface area contributed by atoms with Crippen molar-refractivity contribution in [1.29, 1.82) is 0 Å². The molecule has 0 unspecified atom stereocenters. The Hall–Kier alpha value is -3.42. The van der Waals surface area contributed by atoms with Crippen LogP contribution in [0.15, 0.2) is 40.0 Å². The molecular formula is C25H33N5O3. The number of hydrogen-bond donors (Lipinski definition) is 3. The number of benzene rings is 1. The van der Waals surface area contributed by atoms with Crippen LogP contribution >= 0.6 is 0 Å². The lowest BCUT2D eigenvalue weighted by molar-refractivity contribution is 0.0697. The van der Waals surface area contributed by atoms with E-state index >= 15 is 0 Å². The number of carboxylic acids is 1. The summed E-state index contributed by atoms with van der Waals surface area (Å²) in [6.45, 7) is 9.50. The number of nitrogens with one attached hydrogen (secondary N) is 1. The minimum Gasteiger partial charge on any atom is -0.490 e. The van der Waals surface area contributed by atoms with Gasteiger partial charge in [-0.15, -0.1) is 0 Å². The summed E-state index contributed by atoms with van der Waals surface area (Å²) < 4.78 is 6.29. The van der Waals surface area contributed by atoms with Crippen LogP contribution in [0, 0.1) is 6.92 Å². The van der Waals surface area contributed by atoms with Gasteiger partial charge < -0.3 is 20.9 Å². The van der Waals surface area contributed by atoms with Crippen LogP contribution in [0.3, 0.4) is 0 Å². The molecule has 2 aromatic rings. The number of carboxylic acid groups (broad SMARTS) is 1. The average Bonchev–Trinajstić information content (AvgIpc) is 2.77. The van der Waals surface area contributed by atoms with Crippen LogP contribution in [0.5, 0.6) is 5.75 Å². The van der Waals surface area contributed by atoms with E-state index in [1.165, 1.54) is 5.57 Å². The Morgan fingerprint density at radius 2 is 2.09 bits per heavy atom. The number of ether oxygens (including phenoxy) is 1. The van der Waals surface area contributed by atoms with Gasteiger partial charge in [-0.25, -0.2) is 14.8 Å². The Labute approximate surface area is 194 Å². The van der Waals surface area contributed by atoms with Gasteiger partial charge in [0, 0.05) is 6.20 Å². The second-order valence-electron chi connectivity index (χ2n) is 8.49. The highest BCUT2D eigenvalue weighted by Crippen LogP contribution is 2.35. The van der Waals surface area contributed by atoms with Crippen LogP contribution in [-0.2, 0) is 0 Å². The summed E-state index contributed by atoms with van der Waals surface area (Å²) in [6.07, 6.45) is 7.44. The number of carbonyl (C=O) groups is 1. The van der Waals surface area contributed by atoms with Crippen molar-refractivity contribution in [2.45, 2.75) is 71.4 Å². The summed E-state index contributed by atoms with van der Waals surface area (Å²) in [7, 11) is 0. The second kappa shape index (κ2) is 10.9. The van der Waals surface area contributed by atoms with Crippen molar-refractivity contribution in [1.82, 2.24) is 10.3 Å². The third-order valence-electron chi connectivity index (χ3n) is 5.89. The van der Waals surface area contributed by atoms with E-state index in [2.05, 4.69) is 35.9 Å². The number of pyridine rings is 1. The summed E-state index contributed by atoms with van der Waals surface area (Å²) in [5.41, 5.74) is 8.73. The lowest BCUT2D eigenvalue weighted by atomic mass is 9.93. The molecule has 8 heteroatoms. The number of nitrogen functional groups attached to an aromatic ring is 1. The molecule has 1 saturated carbocycles. The molecule has 8 nitrogen and oxygen atoms in total. The lowest BCUT2D eigenvalue weighted by Crippen LogP contribution is -2.28. The van der Waals surface area contributed by atoms with Gasteiger partial charge in [-0.3, -0.25) is 4.98 Å². The number of aromatic carboxylic acids is 1. The fourth-order valence-corrected chi connectivity index (χ4v) is 4.23. The average molecular weight is 452 g/mol. The van der Waals surface area contributed by atoms with Gasteiger partial charge in [-0.1, -0.05) is 25.0 Å². The van der Waals surface area contributed by atoms with Crippen LogP contribution in [0.2, 0.25) is 0 Å². The number of guanidine groups is 1. The molecule has 0 aliphatic heterocycles. The molecule has 1 heterocycles. The molecule has 1 aliphatic carbocycles. The van der Waals surface area contributed by atoms with Crippen LogP contribution in [0.25, 0.3) is 10.9 Å². The first-order valence-corrected chi connectivity index (χ1v) is 11.4. The number of aromatic nitrogens is 1. The second-order valence-corrected chi connectivity index (χ2v) is 8.49. The maximum atomic E-state index is 11.7. The van der Waals surface area contributed by atoms with Gasteiger partial charge in [0.15, 0.2) is 0 Å². The molecule has 1 fully saturated rings. The minimum absolute atomic E-state index is 0.00387. The van der Waals surface area contributed by atoms with Gasteiger partial charge in [0.25, 0.3) is 0 Å². The topological polar surface area (TPSA) is 122 Å². The first-order chi connectivity index (χ1) is 15.8. The molecule has 4 N–H and O–H groups in total. The lowest BCUT2D eigenvalue weighted by Gasteiger charge is -2.28. The molecular weight excluding hydrogens is 418 g/mol. The van der Waals surface area contributed by atoms with Crippen LogP contribution in [-0.4, -0.2) is 40.9 Å². The summed E-state index contributed by atoms with van der Waals surface area (Å²) >= 11 is 0. The number of hydrogen-bond acceptors (Lipinski definition) is 5. The van der Waals surface area contributed by atoms with Crippen molar-refractivity contribution in [2.75, 3.05) is 5.73 Å². The summed E-state index contributed by atoms with van der Waals surface area (Å²) in [5.74, 6) is 0.0189. The first kappa shape index (κ1) is 24.2. The Morgan fingerprint density at radius 1 is 1.36 bits per heavy atom. The molecule has 1 aliphatic rings. The number of nitrogens with two attached hydrogens (primary N) is 1. The van der Waals surface area contributed by atoms with Gasteiger partial charge in [0.05, 0.1) is 34.4 Å². The maximum absolute atomic E-state index is 11.7. The van der Waals surface area contributed by atoms with E-state index in [-0.39, 0.29) is 23.4 Å². The quantitative estimate of drug-likeness (QED) is 0.408. The number of aryl methyl sites for hydroxylation is 1. The largest absolute Gasteiger partial charge is 0.490 e. The Kier molecular flexibility index (Phi) is 8.03. The Bertz CT molecular complexity index is 1090. The van der Waals surface area contributed by atoms with Gasteiger partial charge >= 0.3 is 5.97 Å². The number of allylic oxidation sites excluding steroid dienone is 1. The van der Waals surface area contributed by atoms with Gasteiger partial charge in [-0.2, -0.15) is 0 Å². The highest BCUT2D eigenvalue weighted by atomic mass is 16.5. The standard InChI is InChI=1S/C25H33N5O3/c1-5-7-15(2)14-28-25(27-4)30-17-10-12-18(13-11-17)33-20-9-6-8-19-22(20)23(26)21(24(31)32)16(3)29-19/h6,8-9,14,17-18H,4-5,7,10-13H2,1-3H3,(H2,26,29)(H,28,30)(H,31,32)/b15-14+. The van der Waals surface area contributed by atoms with E-state index in [4.69, 9.17) is 15.5 Å². The van der Waals surface area contributed by atoms with Gasteiger partial charge in [-0.05, 0) is 64.8 Å². The van der Waals surface area contributed by atoms with Gasteiger partial charge in [0.2, 0.25) is 5.96 Å². The van der Waals surface area contributed by atoms with Crippen molar-refractivity contribution in [3.63, 3.8) is 0 Å². The van der Waals surface area contributed by atoms with E-state index in [0.717, 1.165) is 38.5 Å². The summed E-state index contributed by atoms with van der Waals surface area (Å²) in [5, 5.41) is 13.3. The van der Waals surface area contributed by atoms with E-state index in [9.17, 15) is 9.90 Å². The molecule has 1 aromatic heterocycles. The molecule has 0 radical (unpaired) electrons. The molecule has 0 bridgehead atoms. The van der Waals surface area contributed by atoms with Crippen molar-refractivity contribution in [2.24, 2.45) is 9.98 Å². The number of rotatable bonds is 7. The number of fused-ring (bicyclic) bond motifs is 1. The van der Waals surface area contributed by atoms with Crippen molar-refractivity contribution < 1.29 is 14.6 Å². The third kappa shape index (κ3) is 5.88. The molecule has 1 aromatic carbocycles. The SMILES string of the molecule is C=NC(=NC1CCC(Oc2cccc3nc(C)c(C(=O)O)c(N)c23)CC1)N/C=C(\C)CCC.